The first-order chi connectivity index (χ1) is 13.5. The number of nitrogens with one attached hydrogen (secondary N) is 2. The second-order valence-electron chi connectivity index (χ2n) is 6.28. The second kappa shape index (κ2) is 9.19. The zero-order valence-electron chi connectivity index (χ0n) is 15.7. The quantitative estimate of drug-likeness (QED) is 0.594. The first-order valence-electron chi connectivity index (χ1n) is 8.87. The van der Waals surface area contributed by atoms with Crippen molar-refractivity contribution in [1.82, 2.24) is 4.98 Å². The van der Waals surface area contributed by atoms with Crippen LogP contribution >= 0.6 is 11.8 Å². The monoisotopic (exact) mass is 391 g/mol. The van der Waals surface area contributed by atoms with Crippen molar-refractivity contribution in [3.63, 3.8) is 0 Å². The smallest absolute Gasteiger partial charge is 0.255 e. The number of carbonyl (C=O) groups is 2. The highest BCUT2D eigenvalue weighted by Gasteiger charge is 2.15. The molecule has 0 aliphatic heterocycles. The van der Waals surface area contributed by atoms with E-state index in [1.54, 1.807) is 30.6 Å². The van der Waals surface area contributed by atoms with Crippen LogP contribution in [0.5, 0.6) is 0 Å². The Labute approximate surface area is 168 Å². The van der Waals surface area contributed by atoms with Crippen LogP contribution in [0.2, 0.25) is 0 Å². The Morgan fingerprint density at radius 3 is 2.43 bits per heavy atom. The fourth-order valence-electron chi connectivity index (χ4n) is 2.61. The van der Waals surface area contributed by atoms with E-state index in [1.807, 2.05) is 56.3 Å². The summed E-state index contributed by atoms with van der Waals surface area (Å²) < 4.78 is 0. The standard InChI is InChI=1S/C22H21N3O2S/c1-15-6-3-4-9-20(15)22(27)25-18-7-5-8-19(14-18)28-16(2)21(26)24-17-10-12-23-13-11-17/h3-14,16H,1-2H3,(H,25,27)(H,23,24,26). The molecule has 0 saturated heterocycles. The minimum atomic E-state index is -0.296. The SMILES string of the molecule is Cc1ccccc1C(=O)Nc1cccc(SC(C)C(=O)Nc2ccncc2)c1. The van der Waals surface area contributed by atoms with E-state index in [4.69, 9.17) is 0 Å². The molecule has 28 heavy (non-hydrogen) atoms. The summed E-state index contributed by atoms with van der Waals surface area (Å²) in [5.74, 6) is -0.241. The van der Waals surface area contributed by atoms with E-state index in [1.165, 1.54) is 11.8 Å². The van der Waals surface area contributed by atoms with Crippen molar-refractivity contribution in [2.45, 2.75) is 24.0 Å². The van der Waals surface area contributed by atoms with E-state index in [0.717, 1.165) is 10.5 Å². The average Bonchev–Trinajstić information content (AvgIpc) is 2.69. The number of aryl methyl sites for hydroxylation is 1. The predicted octanol–water partition coefficient (Wildman–Crippen LogP) is 4.76. The summed E-state index contributed by atoms with van der Waals surface area (Å²) in [6.07, 6.45) is 3.27. The van der Waals surface area contributed by atoms with Crippen molar-refractivity contribution < 1.29 is 9.59 Å². The van der Waals surface area contributed by atoms with Crippen LogP contribution in [0.3, 0.4) is 0 Å². The van der Waals surface area contributed by atoms with E-state index < -0.39 is 0 Å². The van der Waals surface area contributed by atoms with Crippen LogP contribution < -0.4 is 10.6 Å². The largest absolute Gasteiger partial charge is 0.325 e. The molecule has 142 valence electrons. The van der Waals surface area contributed by atoms with Gasteiger partial charge in [-0.3, -0.25) is 14.6 Å². The summed E-state index contributed by atoms with van der Waals surface area (Å²) in [7, 11) is 0. The molecule has 6 heteroatoms. The molecule has 3 aromatic rings. The Morgan fingerprint density at radius 1 is 0.929 bits per heavy atom. The lowest BCUT2D eigenvalue weighted by Crippen LogP contribution is -2.22. The number of pyridine rings is 1. The van der Waals surface area contributed by atoms with Crippen LogP contribution in [0.4, 0.5) is 11.4 Å². The van der Waals surface area contributed by atoms with E-state index in [9.17, 15) is 9.59 Å². The summed E-state index contributed by atoms with van der Waals surface area (Å²) in [4.78, 5) is 29.7. The molecule has 2 amide bonds. The third kappa shape index (κ3) is 5.20. The number of carbonyl (C=O) groups excluding carboxylic acids is 2. The van der Waals surface area contributed by atoms with E-state index in [-0.39, 0.29) is 17.1 Å². The Hall–Kier alpha value is -3.12. The van der Waals surface area contributed by atoms with Crippen molar-refractivity contribution in [2.75, 3.05) is 10.6 Å². The Morgan fingerprint density at radius 2 is 1.68 bits per heavy atom. The summed E-state index contributed by atoms with van der Waals surface area (Å²) in [6.45, 7) is 3.75. The van der Waals surface area contributed by atoms with Gasteiger partial charge >= 0.3 is 0 Å². The van der Waals surface area contributed by atoms with Crippen LogP contribution in [0, 0.1) is 6.92 Å². The zero-order chi connectivity index (χ0) is 19.9. The lowest BCUT2D eigenvalue weighted by Gasteiger charge is -2.13. The van der Waals surface area contributed by atoms with Gasteiger partial charge in [-0.2, -0.15) is 0 Å². The van der Waals surface area contributed by atoms with Crippen molar-refractivity contribution in [1.29, 1.82) is 0 Å². The van der Waals surface area contributed by atoms with Crippen molar-refractivity contribution in [2.24, 2.45) is 0 Å². The van der Waals surface area contributed by atoms with Gasteiger partial charge in [0.25, 0.3) is 5.91 Å². The molecule has 2 aromatic carbocycles. The van der Waals surface area contributed by atoms with Crippen LogP contribution in [-0.4, -0.2) is 22.0 Å². The number of nitrogens with zero attached hydrogens (tertiary/aromatic N) is 1. The summed E-state index contributed by atoms with van der Waals surface area (Å²) in [5.41, 5.74) is 2.98. The van der Waals surface area contributed by atoms with Gasteiger partial charge in [-0.25, -0.2) is 0 Å². The number of hydrogen-bond acceptors (Lipinski definition) is 4. The van der Waals surface area contributed by atoms with Gasteiger partial charge in [0, 0.05) is 34.2 Å². The van der Waals surface area contributed by atoms with Crippen LogP contribution in [-0.2, 0) is 4.79 Å². The van der Waals surface area contributed by atoms with Gasteiger partial charge in [-0.1, -0.05) is 24.3 Å². The fourth-order valence-corrected chi connectivity index (χ4v) is 3.54. The summed E-state index contributed by atoms with van der Waals surface area (Å²) >= 11 is 1.43. The molecule has 1 atom stereocenters. The van der Waals surface area contributed by atoms with E-state index in [2.05, 4.69) is 15.6 Å². The average molecular weight is 391 g/mol. The molecule has 2 N–H and O–H groups in total. The van der Waals surface area contributed by atoms with Crippen LogP contribution in [0.1, 0.15) is 22.8 Å². The Bertz CT molecular complexity index is 976. The number of thioether (sulfide) groups is 1. The molecule has 1 aromatic heterocycles. The predicted molar refractivity (Wildman–Crippen MR) is 114 cm³/mol. The van der Waals surface area contributed by atoms with Gasteiger partial charge < -0.3 is 10.6 Å². The summed E-state index contributed by atoms with van der Waals surface area (Å²) in [6, 6.07) is 18.4. The highest BCUT2D eigenvalue weighted by atomic mass is 32.2. The minimum absolute atomic E-state index is 0.0921. The Balaban J connectivity index is 1.63. The third-order valence-electron chi connectivity index (χ3n) is 4.11. The maximum absolute atomic E-state index is 12.5. The zero-order valence-corrected chi connectivity index (χ0v) is 16.5. The molecule has 0 spiro atoms. The highest BCUT2D eigenvalue weighted by Crippen LogP contribution is 2.27. The van der Waals surface area contributed by atoms with Gasteiger partial charge in [-0.15, -0.1) is 11.8 Å². The maximum Gasteiger partial charge on any atom is 0.255 e. The van der Waals surface area contributed by atoms with E-state index in [0.29, 0.717) is 16.9 Å². The topological polar surface area (TPSA) is 71.1 Å². The van der Waals surface area contributed by atoms with Crippen molar-refractivity contribution in [3.8, 4) is 0 Å². The lowest BCUT2D eigenvalue weighted by atomic mass is 10.1. The highest BCUT2D eigenvalue weighted by molar-refractivity contribution is 8.00. The number of aromatic nitrogens is 1. The van der Waals surface area contributed by atoms with Gasteiger partial charge in [0.2, 0.25) is 5.91 Å². The first-order valence-corrected chi connectivity index (χ1v) is 9.75. The van der Waals surface area contributed by atoms with Crippen LogP contribution in [0.25, 0.3) is 0 Å². The number of hydrogen-bond donors (Lipinski definition) is 2. The van der Waals surface area contributed by atoms with Crippen LogP contribution in [0.15, 0.2) is 78.0 Å². The normalized spacial score (nSPS) is 11.5. The second-order valence-corrected chi connectivity index (χ2v) is 7.70. The minimum Gasteiger partial charge on any atom is -0.325 e. The number of anilines is 2. The molecule has 0 aliphatic rings. The third-order valence-corrected chi connectivity index (χ3v) is 5.21. The first kappa shape index (κ1) is 19.6. The molecular formula is C22H21N3O2S. The van der Waals surface area contributed by atoms with Gasteiger partial charge in [0.05, 0.1) is 5.25 Å². The molecule has 1 heterocycles. The van der Waals surface area contributed by atoms with Gasteiger partial charge in [0.1, 0.15) is 0 Å². The molecule has 0 fully saturated rings. The van der Waals surface area contributed by atoms with E-state index >= 15 is 0 Å². The fraction of sp³-hybridized carbons (Fsp3) is 0.136. The molecule has 3 rings (SSSR count). The molecule has 0 radical (unpaired) electrons. The van der Waals surface area contributed by atoms with Crippen molar-refractivity contribution >= 4 is 35.0 Å². The van der Waals surface area contributed by atoms with Gasteiger partial charge in [-0.05, 0) is 55.8 Å². The molecule has 5 nitrogen and oxygen atoms in total. The number of benzene rings is 2. The molecule has 1 unspecified atom stereocenters. The number of rotatable bonds is 6. The summed E-state index contributed by atoms with van der Waals surface area (Å²) in [5, 5.41) is 5.49. The molecule has 0 bridgehead atoms. The Kier molecular flexibility index (Phi) is 6.45. The molecule has 0 aliphatic carbocycles. The molecular weight excluding hydrogens is 370 g/mol. The number of amides is 2. The van der Waals surface area contributed by atoms with Gasteiger partial charge in [0.15, 0.2) is 0 Å². The maximum atomic E-state index is 12.5. The van der Waals surface area contributed by atoms with Crippen molar-refractivity contribution in [3.05, 3.63) is 84.2 Å². The molecule has 0 saturated carbocycles. The lowest BCUT2D eigenvalue weighted by molar-refractivity contribution is -0.115.